The fourth-order valence-electron chi connectivity index (χ4n) is 2.76. The van der Waals surface area contributed by atoms with Crippen LogP contribution >= 0.6 is 0 Å². The number of ether oxygens (including phenoxy) is 1. The highest BCUT2D eigenvalue weighted by Gasteiger charge is 2.12. The molecule has 0 aromatic carbocycles. The topological polar surface area (TPSA) is 66.8 Å². The lowest BCUT2D eigenvalue weighted by molar-refractivity contribution is -0.144. The molecule has 0 fully saturated rings. The Labute approximate surface area is 142 Å². The number of unbranched alkanes of at least 4 members (excludes halogenated alkanes) is 10. The molecular formula is C19H38O4. The van der Waals surface area contributed by atoms with Crippen LogP contribution in [-0.4, -0.2) is 35.0 Å². The summed E-state index contributed by atoms with van der Waals surface area (Å²) in [4.78, 5) is 10.6. The summed E-state index contributed by atoms with van der Waals surface area (Å²) in [7, 11) is 0. The molecule has 0 unspecified atom stereocenters. The summed E-state index contributed by atoms with van der Waals surface area (Å²) in [5.74, 6) is -0.399. The van der Waals surface area contributed by atoms with E-state index in [4.69, 9.17) is 4.74 Å². The Bertz CT molecular complexity index is 268. The second-order valence-corrected chi connectivity index (χ2v) is 6.67. The Hall–Kier alpha value is -0.610. The molecule has 4 heteroatoms. The van der Waals surface area contributed by atoms with Crippen molar-refractivity contribution in [3.05, 3.63) is 0 Å². The summed E-state index contributed by atoms with van der Waals surface area (Å²) in [5, 5.41) is 19.4. The quantitative estimate of drug-likeness (QED) is 0.326. The molecule has 0 aliphatic rings. The van der Waals surface area contributed by atoms with E-state index in [9.17, 15) is 15.0 Å². The van der Waals surface area contributed by atoms with Gasteiger partial charge in [0.15, 0.2) is 0 Å². The van der Waals surface area contributed by atoms with Crippen LogP contribution in [0.25, 0.3) is 0 Å². The lowest BCUT2D eigenvalue weighted by atomic mass is 10.0. The van der Waals surface area contributed by atoms with E-state index in [0.29, 0.717) is 6.42 Å². The molecule has 0 heterocycles. The maximum atomic E-state index is 10.6. The SMILES string of the molecule is CCCCCCCCCCCCC[C@@H](O)C[C@@H](O)COC(C)=O. The molecule has 0 rings (SSSR count). The van der Waals surface area contributed by atoms with Crippen LogP contribution in [-0.2, 0) is 9.53 Å². The first-order chi connectivity index (χ1) is 11.1. The average Bonchev–Trinajstić information content (AvgIpc) is 2.50. The van der Waals surface area contributed by atoms with Gasteiger partial charge in [0, 0.05) is 13.3 Å². The molecule has 0 spiro atoms. The van der Waals surface area contributed by atoms with Crippen molar-refractivity contribution in [2.45, 2.75) is 110 Å². The van der Waals surface area contributed by atoms with Gasteiger partial charge in [0.1, 0.15) is 6.61 Å². The van der Waals surface area contributed by atoms with Crippen LogP contribution in [0.2, 0.25) is 0 Å². The maximum Gasteiger partial charge on any atom is 0.302 e. The molecular weight excluding hydrogens is 292 g/mol. The van der Waals surface area contributed by atoms with Crippen molar-refractivity contribution >= 4 is 5.97 Å². The van der Waals surface area contributed by atoms with Crippen molar-refractivity contribution in [1.82, 2.24) is 0 Å². The predicted molar refractivity (Wildman–Crippen MR) is 94.3 cm³/mol. The molecule has 0 aliphatic heterocycles. The van der Waals surface area contributed by atoms with Crippen LogP contribution in [0.5, 0.6) is 0 Å². The molecule has 2 atom stereocenters. The Morgan fingerprint density at radius 1 is 0.826 bits per heavy atom. The van der Waals surface area contributed by atoms with Crippen LogP contribution < -0.4 is 0 Å². The zero-order chi connectivity index (χ0) is 17.3. The number of rotatable bonds is 16. The first kappa shape index (κ1) is 22.4. The van der Waals surface area contributed by atoms with Gasteiger partial charge in [-0.05, 0) is 6.42 Å². The van der Waals surface area contributed by atoms with Gasteiger partial charge in [0.2, 0.25) is 0 Å². The highest BCUT2D eigenvalue weighted by atomic mass is 16.5. The van der Waals surface area contributed by atoms with E-state index in [1.165, 1.54) is 64.7 Å². The van der Waals surface area contributed by atoms with Gasteiger partial charge in [0.25, 0.3) is 0 Å². The second kappa shape index (κ2) is 16.3. The normalized spacial score (nSPS) is 13.7. The third-order valence-electron chi connectivity index (χ3n) is 4.16. The highest BCUT2D eigenvalue weighted by Crippen LogP contribution is 2.13. The van der Waals surface area contributed by atoms with Gasteiger partial charge >= 0.3 is 5.97 Å². The third-order valence-corrected chi connectivity index (χ3v) is 4.16. The molecule has 0 aliphatic carbocycles. The zero-order valence-corrected chi connectivity index (χ0v) is 15.3. The van der Waals surface area contributed by atoms with Gasteiger partial charge in [-0.2, -0.15) is 0 Å². The first-order valence-electron chi connectivity index (χ1n) is 9.55. The van der Waals surface area contributed by atoms with Crippen molar-refractivity contribution < 1.29 is 19.7 Å². The number of hydrogen-bond donors (Lipinski definition) is 2. The smallest absolute Gasteiger partial charge is 0.302 e. The minimum absolute atomic E-state index is 0.0232. The summed E-state index contributed by atoms with van der Waals surface area (Å²) >= 11 is 0. The maximum absolute atomic E-state index is 10.6. The first-order valence-corrected chi connectivity index (χ1v) is 9.55. The minimum atomic E-state index is -0.762. The molecule has 0 aromatic heterocycles. The van der Waals surface area contributed by atoms with Gasteiger partial charge < -0.3 is 14.9 Å². The molecule has 0 aromatic rings. The van der Waals surface area contributed by atoms with E-state index in [1.54, 1.807) is 0 Å². The van der Waals surface area contributed by atoms with E-state index in [1.807, 2.05) is 0 Å². The Morgan fingerprint density at radius 3 is 1.78 bits per heavy atom. The van der Waals surface area contributed by atoms with Crippen LogP contribution in [0.1, 0.15) is 97.3 Å². The molecule has 2 N–H and O–H groups in total. The van der Waals surface area contributed by atoms with Crippen LogP contribution in [0.15, 0.2) is 0 Å². The van der Waals surface area contributed by atoms with Gasteiger partial charge in [0.05, 0.1) is 12.2 Å². The summed E-state index contributed by atoms with van der Waals surface area (Å²) in [5.41, 5.74) is 0. The van der Waals surface area contributed by atoms with E-state index < -0.39 is 18.2 Å². The Balaban J connectivity index is 3.29. The second-order valence-electron chi connectivity index (χ2n) is 6.67. The lowest BCUT2D eigenvalue weighted by Gasteiger charge is -2.15. The number of esters is 1. The van der Waals surface area contributed by atoms with Gasteiger partial charge in [-0.25, -0.2) is 0 Å². The van der Waals surface area contributed by atoms with Crippen molar-refractivity contribution in [3.63, 3.8) is 0 Å². The van der Waals surface area contributed by atoms with E-state index >= 15 is 0 Å². The van der Waals surface area contributed by atoms with Crippen molar-refractivity contribution in [2.24, 2.45) is 0 Å². The van der Waals surface area contributed by atoms with Crippen LogP contribution in [0.4, 0.5) is 0 Å². The van der Waals surface area contributed by atoms with Crippen molar-refractivity contribution in [1.29, 1.82) is 0 Å². The summed E-state index contributed by atoms with van der Waals surface area (Å²) in [6.45, 7) is 3.54. The van der Waals surface area contributed by atoms with Gasteiger partial charge in [-0.3, -0.25) is 4.79 Å². The predicted octanol–water partition coefficient (Wildman–Crippen LogP) is 4.36. The third kappa shape index (κ3) is 17.6. The molecule has 138 valence electrons. The molecule has 0 saturated carbocycles. The summed E-state index contributed by atoms with van der Waals surface area (Å²) < 4.78 is 4.72. The van der Waals surface area contributed by atoms with Crippen molar-refractivity contribution in [3.8, 4) is 0 Å². The molecule has 0 saturated heterocycles. The molecule has 4 nitrogen and oxygen atoms in total. The van der Waals surface area contributed by atoms with E-state index in [-0.39, 0.29) is 13.0 Å². The number of aliphatic hydroxyl groups is 2. The zero-order valence-electron chi connectivity index (χ0n) is 15.3. The molecule has 0 radical (unpaired) electrons. The average molecular weight is 331 g/mol. The Kier molecular flexibility index (Phi) is 15.8. The number of carbonyl (C=O) groups is 1. The number of carbonyl (C=O) groups excluding carboxylic acids is 1. The minimum Gasteiger partial charge on any atom is -0.463 e. The molecule has 23 heavy (non-hydrogen) atoms. The van der Waals surface area contributed by atoms with E-state index in [0.717, 1.165) is 12.8 Å². The van der Waals surface area contributed by atoms with Crippen molar-refractivity contribution in [2.75, 3.05) is 6.61 Å². The highest BCUT2D eigenvalue weighted by molar-refractivity contribution is 5.65. The summed E-state index contributed by atoms with van der Waals surface area (Å²) in [6.07, 6.45) is 13.9. The fourth-order valence-corrected chi connectivity index (χ4v) is 2.76. The fraction of sp³-hybridized carbons (Fsp3) is 0.947. The van der Waals surface area contributed by atoms with Gasteiger partial charge in [-0.15, -0.1) is 0 Å². The van der Waals surface area contributed by atoms with Gasteiger partial charge in [-0.1, -0.05) is 77.6 Å². The molecule has 0 amide bonds. The van der Waals surface area contributed by atoms with Crippen LogP contribution in [0.3, 0.4) is 0 Å². The lowest BCUT2D eigenvalue weighted by Crippen LogP contribution is -2.23. The van der Waals surface area contributed by atoms with E-state index in [2.05, 4.69) is 6.92 Å². The molecule has 0 bridgehead atoms. The monoisotopic (exact) mass is 330 g/mol. The standard InChI is InChI=1S/C19H38O4/c1-3-4-5-6-7-8-9-10-11-12-13-14-18(21)15-19(22)16-23-17(2)20/h18-19,21-22H,3-16H2,1-2H3/t18-,19-/m1/s1. The number of hydrogen-bond acceptors (Lipinski definition) is 4. The summed E-state index contributed by atoms with van der Waals surface area (Å²) in [6, 6.07) is 0. The number of aliphatic hydroxyl groups excluding tert-OH is 2. The largest absolute Gasteiger partial charge is 0.463 e. The Morgan fingerprint density at radius 2 is 1.30 bits per heavy atom. The van der Waals surface area contributed by atoms with Crippen LogP contribution in [0, 0.1) is 0 Å².